The quantitative estimate of drug-likeness (QED) is 0.640. The van der Waals surface area contributed by atoms with Crippen LogP contribution in [0, 0.1) is 0 Å². The van der Waals surface area contributed by atoms with E-state index in [-0.39, 0.29) is 0 Å². The molecule has 2 aromatic carbocycles. The van der Waals surface area contributed by atoms with Gasteiger partial charge in [-0.1, -0.05) is 30.3 Å². The molecule has 0 atom stereocenters. The van der Waals surface area contributed by atoms with E-state index in [0.717, 1.165) is 23.0 Å². The van der Waals surface area contributed by atoms with E-state index < -0.39 is 0 Å². The van der Waals surface area contributed by atoms with Crippen LogP contribution in [-0.4, -0.2) is 18.4 Å². The van der Waals surface area contributed by atoms with Crippen LogP contribution in [0.15, 0.2) is 66.9 Å². The Kier molecular flexibility index (Phi) is 4.87. The lowest BCUT2D eigenvalue weighted by molar-refractivity contribution is 0.112. The maximum atomic E-state index is 11.0. The molecule has 0 radical (unpaired) electrons. The van der Waals surface area contributed by atoms with Crippen molar-refractivity contribution >= 4 is 6.29 Å². The summed E-state index contributed by atoms with van der Waals surface area (Å²) in [5, 5.41) is 0. The molecule has 120 valence electrons. The van der Waals surface area contributed by atoms with Crippen LogP contribution in [0.4, 0.5) is 0 Å². The summed E-state index contributed by atoms with van der Waals surface area (Å²) < 4.78 is 11.0. The van der Waals surface area contributed by atoms with Gasteiger partial charge in [-0.3, -0.25) is 4.79 Å². The molecule has 0 aliphatic carbocycles. The molecule has 3 rings (SSSR count). The van der Waals surface area contributed by atoms with Gasteiger partial charge in [0.1, 0.15) is 18.6 Å². The van der Waals surface area contributed by atoms with E-state index in [0.29, 0.717) is 23.8 Å². The van der Waals surface area contributed by atoms with Crippen molar-refractivity contribution in [1.29, 1.82) is 0 Å². The highest BCUT2D eigenvalue weighted by Gasteiger charge is 2.08. The zero-order valence-corrected chi connectivity index (χ0v) is 13.3. The summed E-state index contributed by atoms with van der Waals surface area (Å²) in [7, 11) is 1.60. The van der Waals surface area contributed by atoms with Crippen LogP contribution < -0.4 is 9.47 Å². The van der Waals surface area contributed by atoms with Crippen LogP contribution in [-0.2, 0) is 6.61 Å². The molecular formula is C20H17NO3. The van der Waals surface area contributed by atoms with Crippen LogP contribution >= 0.6 is 0 Å². The SMILES string of the molecule is COc1ccc(C=O)cc1-c1ccc(OCc2ccccc2)nc1. The third-order valence-electron chi connectivity index (χ3n) is 3.64. The average molecular weight is 319 g/mol. The maximum Gasteiger partial charge on any atom is 0.213 e. The van der Waals surface area contributed by atoms with Gasteiger partial charge < -0.3 is 9.47 Å². The summed E-state index contributed by atoms with van der Waals surface area (Å²) in [6, 6.07) is 18.9. The minimum atomic E-state index is 0.469. The number of aromatic nitrogens is 1. The molecule has 0 fully saturated rings. The molecule has 4 nitrogen and oxygen atoms in total. The first kappa shape index (κ1) is 15.7. The number of aldehydes is 1. The van der Waals surface area contributed by atoms with Crippen molar-refractivity contribution in [3.05, 3.63) is 78.0 Å². The summed E-state index contributed by atoms with van der Waals surface area (Å²) in [5.74, 6) is 1.24. The second-order valence-corrected chi connectivity index (χ2v) is 5.24. The molecule has 1 aromatic heterocycles. The minimum Gasteiger partial charge on any atom is -0.496 e. The van der Waals surface area contributed by atoms with Crippen LogP contribution in [0.3, 0.4) is 0 Å². The number of benzene rings is 2. The molecular weight excluding hydrogens is 302 g/mol. The van der Waals surface area contributed by atoms with Gasteiger partial charge in [0.05, 0.1) is 7.11 Å². The Labute approximate surface area is 140 Å². The zero-order chi connectivity index (χ0) is 16.8. The van der Waals surface area contributed by atoms with E-state index in [9.17, 15) is 4.79 Å². The molecule has 4 heteroatoms. The van der Waals surface area contributed by atoms with Gasteiger partial charge >= 0.3 is 0 Å². The number of pyridine rings is 1. The van der Waals surface area contributed by atoms with E-state index >= 15 is 0 Å². The molecule has 0 aliphatic rings. The molecule has 0 amide bonds. The van der Waals surface area contributed by atoms with Gasteiger partial charge in [-0.25, -0.2) is 4.98 Å². The first-order valence-electron chi connectivity index (χ1n) is 7.56. The molecule has 1 heterocycles. The smallest absolute Gasteiger partial charge is 0.213 e. The zero-order valence-electron chi connectivity index (χ0n) is 13.3. The Bertz CT molecular complexity index is 814. The Morgan fingerprint density at radius 1 is 1.04 bits per heavy atom. The fourth-order valence-electron chi connectivity index (χ4n) is 2.38. The number of hydrogen-bond donors (Lipinski definition) is 0. The predicted octanol–water partition coefficient (Wildman–Crippen LogP) is 4.15. The van der Waals surface area contributed by atoms with Gasteiger partial charge in [-0.2, -0.15) is 0 Å². The number of carbonyl (C=O) groups is 1. The highest BCUT2D eigenvalue weighted by Crippen LogP contribution is 2.30. The molecule has 0 bridgehead atoms. The Balaban J connectivity index is 1.78. The monoisotopic (exact) mass is 319 g/mol. The summed E-state index contributed by atoms with van der Waals surface area (Å²) in [4.78, 5) is 15.3. The molecule has 3 aromatic rings. The normalized spacial score (nSPS) is 10.2. The van der Waals surface area contributed by atoms with Crippen molar-refractivity contribution in [2.24, 2.45) is 0 Å². The van der Waals surface area contributed by atoms with Crippen LogP contribution in [0.25, 0.3) is 11.1 Å². The summed E-state index contributed by atoms with van der Waals surface area (Å²) >= 11 is 0. The Morgan fingerprint density at radius 2 is 1.88 bits per heavy atom. The van der Waals surface area contributed by atoms with Crippen molar-refractivity contribution in [2.75, 3.05) is 7.11 Å². The van der Waals surface area contributed by atoms with E-state index in [4.69, 9.17) is 9.47 Å². The second-order valence-electron chi connectivity index (χ2n) is 5.24. The molecule has 0 saturated carbocycles. The Morgan fingerprint density at radius 3 is 2.54 bits per heavy atom. The third-order valence-corrected chi connectivity index (χ3v) is 3.64. The van der Waals surface area contributed by atoms with Gasteiger partial charge in [0.2, 0.25) is 5.88 Å². The molecule has 0 saturated heterocycles. The van der Waals surface area contributed by atoms with E-state index in [1.807, 2.05) is 42.5 Å². The lowest BCUT2D eigenvalue weighted by Gasteiger charge is -2.10. The largest absolute Gasteiger partial charge is 0.496 e. The lowest BCUT2D eigenvalue weighted by atomic mass is 10.0. The Hall–Kier alpha value is -3.14. The molecule has 0 spiro atoms. The summed E-state index contributed by atoms with van der Waals surface area (Å²) in [6.07, 6.45) is 2.53. The number of hydrogen-bond acceptors (Lipinski definition) is 4. The van der Waals surface area contributed by atoms with Gasteiger partial charge in [-0.15, -0.1) is 0 Å². The summed E-state index contributed by atoms with van der Waals surface area (Å²) in [6.45, 7) is 0.469. The number of carbonyl (C=O) groups excluding carboxylic acids is 1. The number of rotatable bonds is 6. The fourth-order valence-corrected chi connectivity index (χ4v) is 2.38. The van der Waals surface area contributed by atoms with Crippen molar-refractivity contribution in [2.45, 2.75) is 6.61 Å². The molecule has 0 unspecified atom stereocenters. The van der Waals surface area contributed by atoms with E-state index in [1.54, 1.807) is 31.5 Å². The highest BCUT2D eigenvalue weighted by molar-refractivity contribution is 5.81. The maximum absolute atomic E-state index is 11.0. The van der Waals surface area contributed by atoms with Crippen molar-refractivity contribution in [3.8, 4) is 22.8 Å². The van der Waals surface area contributed by atoms with Crippen molar-refractivity contribution < 1.29 is 14.3 Å². The van der Waals surface area contributed by atoms with E-state index in [1.165, 1.54) is 0 Å². The van der Waals surface area contributed by atoms with Crippen molar-refractivity contribution in [1.82, 2.24) is 4.98 Å². The van der Waals surface area contributed by atoms with Crippen LogP contribution in [0.1, 0.15) is 15.9 Å². The molecule has 0 N–H and O–H groups in total. The number of methoxy groups -OCH3 is 1. The lowest BCUT2D eigenvalue weighted by Crippen LogP contribution is -1.97. The minimum absolute atomic E-state index is 0.469. The first-order valence-corrected chi connectivity index (χ1v) is 7.56. The van der Waals surface area contributed by atoms with Gasteiger partial charge in [0.15, 0.2) is 0 Å². The van der Waals surface area contributed by atoms with Gasteiger partial charge in [-0.05, 0) is 29.8 Å². The second kappa shape index (κ2) is 7.42. The first-order chi connectivity index (χ1) is 11.8. The predicted molar refractivity (Wildman–Crippen MR) is 92.4 cm³/mol. The molecule has 0 aliphatic heterocycles. The fraction of sp³-hybridized carbons (Fsp3) is 0.100. The van der Waals surface area contributed by atoms with Crippen LogP contribution in [0.2, 0.25) is 0 Å². The van der Waals surface area contributed by atoms with Gasteiger partial charge in [0, 0.05) is 29.0 Å². The standard InChI is InChI=1S/C20H17NO3/c1-23-19-9-7-16(13-22)11-18(19)17-8-10-20(21-12-17)24-14-15-5-3-2-4-6-15/h2-13H,14H2,1H3. The van der Waals surface area contributed by atoms with Crippen LogP contribution in [0.5, 0.6) is 11.6 Å². The topological polar surface area (TPSA) is 48.4 Å². The number of ether oxygens (including phenoxy) is 2. The highest BCUT2D eigenvalue weighted by atomic mass is 16.5. The molecule has 24 heavy (non-hydrogen) atoms. The van der Waals surface area contributed by atoms with E-state index in [2.05, 4.69) is 4.98 Å². The van der Waals surface area contributed by atoms with Crippen molar-refractivity contribution in [3.63, 3.8) is 0 Å². The van der Waals surface area contributed by atoms with Gasteiger partial charge in [0.25, 0.3) is 0 Å². The third kappa shape index (κ3) is 3.60. The average Bonchev–Trinajstić information content (AvgIpc) is 2.67. The summed E-state index contributed by atoms with van der Waals surface area (Å²) in [5.41, 5.74) is 3.37. The number of nitrogens with zero attached hydrogens (tertiary/aromatic N) is 1.